The molecule has 0 unspecified atom stereocenters. The maximum absolute atomic E-state index is 12.8. The number of ether oxygens (including phenoxy) is 1. The van der Waals surface area contributed by atoms with Crippen molar-refractivity contribution >= 4 is 17.5 Å². The second-order valence-corrected chi connectivity index (χ2v) is 9.68. The number of carbonyl (C=O) groups excluding carboxylic acids is 3. The third-order valence-electron chi connectivity index (χ3n) is 8.30. The number of ketones is 2. The standard InChI is InChI=1S/C23H30O5/c1-13(24)28-12-20(27)18-7-6-17-16-5-4-14-10-15(25)8-9-22(14,2)21(16)19(26)11-23(17,18)3/h8-10,16-19,21,26H,4-7,11-12H2,1-3H3/t16-,17-,18+,19-,21+,22-,23-/m0/s1. The second kappa shape index (κ2) is 6.65. The number of esters is 1. The van der Waals surface area contributed by atoms with E-state index in [0.717, 1.165) is 31.3 Å². The van der Waals surface area contributed by atoms with Gasteiger partial charge in [-0.1, -0.05) is 25.5 Å². The van der Waals surface area contributed by atoms with E-state index < -0.39 is 12.1 Å². The molecule has 1 N–H and O–H groups in total. The molecule has 4 rings (SSSR count). The highest BCUT2D eigenvalue weighted by Crippen LogP contribution is 2.66. The molecule has 5 nitrogen and oxygen atoms in total. The van der Waals surface area contributed by atoms with Crippen LogP contribution in [0.3, 0.4) is 0 Å². The van der Waals surface area contributed by atoms with Crippen LogP contribution in [0.5, 0.6) is 0 Å². The third kappa shape index (κ3) is 2.81. The molecule has 28 heavy (non-hydrogen) atoms. The van der Waals surface area contributed by atoms with Crippen LogP contribution in [0.15, 0.2) is 23.8 Å². The Hall–Kier alpha value is -1.75. The van der Waals surface area contributed by atoms with Crippen LogP contribution >= 0.6 is 0 Å². The molecule has 3 fully saturated rings. The summed E-state index contributed by atoms with van der Waals surface area (Å²) < 4.78 is 4.97. The van der Waals surface area contributed by atoms with Gasteiger partial charge in [0.1, 0.15) is 6.61 Å². The zero-order chi connectivity index (χ0) is 20.3. The van der Waals surface area contributed by atoms with Gasteiger partial charge in [-0.3, -0.25) is 14.4 Å². The molecule has 0 amide bonds. The van der Waals surface area contributed by atoms with Gasteiger partial charge in [-0.2, -0.15) is 0 Å². The Morgan fingerprint density at radius 2 is 2.00 bits per heavy atom. The average Bonchev–Trinajstić information content (AvgIpc) is 2.96. The van der Waals surface area contributed by atoms with E-state index in [1.807, 2.05) is 6.08 Å². The lowest BCUT2D eigenvalue weighted by molar-refractivity contribution is -0.152. The Balaban J connectivity index is 1.62. The summed E-state index contributed by atoms with van der Waals surface area (Å²) in [7, 11) is 0. The first-order valence-electron chi connectivity index (χ1n) is 10.4. The zero-order valence-electron chi connectivity index (χ0n) is 16.9. The summed E-state index contributed by atoms with van der Waals surface area (Å²) in [5.41, 5.74) is 0.602. The molecule has 0 bridgehead atoms. The first kappa shape index (κ1) is 19.6. The second-order valence-electron chi connectivity index (χ2n) is 9.68. The van der Waals surface area contributed by atoms with E-state index in [9.17, 15) is 19.5 Å². The van der Waals surface area contributed by atoms with Crippen LogP contribution in [0.2, 0.25) is 0 Å². The lowest BCUT2D eigenvalue weighted by Gasteiger charge is -2.58. The molecule has 0 spiro atoms. The minimum Gasteiger partial charge on any atom is -0.458 e. The highest BCUT2D eigenvalue weighted by molar-refractivity contribution is 6.01. The number of Topliss-reactive ketones (excluding diaryl/α,β-unsaturated/α-hetero) is 1. The first-order valence-corrected chi connectivity index (χ1v) is 10.4. The molecule has 4 aliphatic rings. The van der Waals surface area contributed by atoms with Crippen LogP contribution in [0.25, 0.3) is 0 Å². The van der Waals surface area contributed by atoms with E-state index >= 15 is 0 Å². The highest BCUT2D eigenvalue weighted by Gasteiger charge is 2.62. The summed E-state index contributed by atoms with van der Waals surface area (Å²) in [5.74, 6) is 0.208. The van der Waals surface area contributed by atoms with Crippen LogP contribution < -0.4 is 0 Å². The van der Waals surface area contributed by atoms with Crippen LogP contribution in [-0.2, 0) is 19.1 Å². The van der Waals surface area contributed by atoms with Gasteiger partial charge in [0.15, 0.2) is 11.6 Å². The van der Waals surface area contributed by atoms with Crippen molar-refractivity contribution in [1.29, 1.82) is 0 Å². The van der Waals surface area contributed by atoms with Gasteiger partial charge in [0.05, 0.1) is 6.10 Å². The number of allylic oxidation sites excluding steroid dienone is 4. The molecule has 0 aliphatic heterocycles. The normalized spacial score (nSPS) is 44.2. The molecule has 0 aromatic heterocycles. The number of hydrogen-bond donors (Lipinski definition) is 1. The summed E-state index contributed by atoms with van der Waals surface area (Å²) in [6.45, 7) is 5.46. The summed E-state index contributed by atoms with van der Waals surface area (Å²) in [5, 5.41) is 11.3. The van der Waals surface area contributed by atoms with Crippen molar-refractivity contribution in [3.63, 3.8) is 0 Å². The molecule has 0 aromatic carbocycles. The van der Waals surface area contributed by atoms with Gasteiger partial charge < -0.3 is 9.84 Å². The number of fused-ring (bicyclic) bond motifs is 5. The molecule has 5 heteroatoms. The van der Waals surface area contributed by atoms with Crippen molar-refractivity contribution in [2.24, 2.45) is 34.5 Å². The van der Waals surface area contributed by atoms with Crippen molar-refractivity contribution in [2.75, 3.05) is 6.61 Å². The van der Waals surface area contributed by atoms with Gasteiger partial charge in [0, 0.05) is 24.2 Å². The Morgan fingerprint density at radius 1 is 1.25 bits per heavy atom. The number of hydrogen-bond acceptors (Lipinski definition) is 5. The van der Waals surface area contributed by atoms with Crippen molar-refractivity contribution in [1.82, 2.24) is 0 Å². The van der Waals surface area contributed by atoms with E-state index in [4.69, 9.17) is 4.74 Å². The fourth-order valence-corrected chi connectivity index (χ4v) is 7.13. The van der Waals surface area contributed by atoms with E-state index in [1.165, 1.54) is 6.92 Å². The number of carbonyl (C=O) groups is 3. The van der Waals surface area contributed by atoms with Gasteiger partial charge in [0.25, 0.3) is 0 Å². The lowest BCUT2D eigenvalue weighted by atomic mass is 9.46. The minimum atomic E-state index is -0.514. The molecule has 0 radical (unpaired) electrons. The van der Waals surface area contributed by atoms with Crippen molar-refractivity contribution in [3.05, 3.63) is 23.8 Å². The predicted octanol–water partition coefficient (Wildman–Crippen LogP) is 3.01. The molecule has 152 valence electrons. The van der Waals surface area contributed by atoms with Crippen molar-refractivity contribution in [3.8, 4) is 0 Å². The van der Waals surface area contributed by atoms with Crippen molar-refractivity contribution < 1.29 is 24.2 Å². The zero-order valence-corrected chi connectivity index (χ0v) is 16.9. The Labute approximate surface area is 166 Å². The van der Waals surface area contributed by atoms with E-state index in [1.54, 1.807) is 12.2 Å². The van der Waals surface area contributed by atoms with Crippen LogP contribution in [-0.4, -0.2) is 35.4 Å². The molecule has 4 aliphatic carbocycles. The molecule has 0 aromatic rings. The number of aliphatic hydroxyl groups excluding tert-OH is 1. The summed E-state index contributed by atoms with van der Waals surface area (Å²) in [4.78, 5) is 35.8. The SMILES string of the molecule is CC(=O)OCC(=O)[C@H]1CC[C@H]2[C@@H]3CCC4=CC(=O)C=C[C@]4(C)[C@H]3[C@@H](O)C[C@]12C. The average molecular weight is 386 g/mol. The van der Waals surface area contributed by atoms with E-state index in [0.29, 0.717) is 18.3 Å². The lowest BCUT2D eigenvalue weighted by Crippen LogP contribution is -2.56. The maximum atomic E-state index is 12.8. The van der Waals surface area contributed by atoms with Gasteiger partial charge in [-0.15, -0.1) is 0 Å². The van der Waals surface area contributed by atoms with Gasteiger partial charge in [-0.05, 0) is 61.5 Å². The minimum absolute atomic E-state index is 0.0170. The highest BCUT2D eigenvalue weighted by atomic mass is 16.5. The molecule has 0 heterocycles. The van der Waals surface area contributed by atoms with E-state index in [2.05, 4.69) is 13.8 Å². The summed E-state index contributed by atoms with van der Waals surface area (Å²) in [6, 6.07) is 0. The molecular weight excluding hydrogens is 356 g/mol. The smallest absolute Gasteiger partial charge is 0.303 e. The van der Waals surface area contributed by atoms with Crippen LogP contribution in [0.1, 0.15) is 52.9 Å². The Bertz CT molecular complexity index is 780. The largest absolute Gasteiger partial charge is 0.458 e. The molecule has 0 saturated heterocycles. The quantitative estimate of drug-likeness (QED) is 0.754. The van der Waals surface area contributed by atoms with Crippen LogP contribution in [0.4, 0.5) is 0 Å². The Kier molecular flexibility index (Phi) is 4.65. The summed E-state index contributed by atoms with van der Waals surface area (Å²) >= 11 is 0. The maximum Gasteiger partial charge on any atom is 0.303 e. The predicted molar refractivity (Wildman–Crippen MR) is 103 cm³/mol. The van der Waals surface area contributed by atoms with Gasteiger partial charge >= 0.3 is 5.97 Å². The molecule has 7 atom stereocenters. The van der Waals surface area contributed by atoms with Gasteiger partial charge in [-0.25, -0.2) is 0 Å². The van der Waals surface area contributed by atoms with Crippen molar-refractivity contribution in [2.45, 2.75) is 59.0 Å². The van der Waals surface area contributed by atoms with Gasteiger partial charge in [0.2, 0.25) is 0 Å². The fourth-order valence-electron chi connectivity index (χ4n) is 7.13. The van der Waals surface area contributed by atoms with E-state index in [-0.39, 0.29) is 40.8 Å². The fraction of sp³-hybridized carbons (Fsp3) is 0.696. The van der Waals surface area contributed by atoms with Crippen LogP contribution in [0, 0.1) is 34.5 Å². The molecule has 3 saturated carbocycles. The number of rotatable bonds is 3. The monoisotopic (exact) mass is 386 g/mol. The third-order valence-corrected chi connectivity index (χ3v) is 8.30. The Morgan fingerprint density at radius 3 is 2.71 bits per heavy atom. The molecular formula is C23H30O5. The summed E-state index contributed by atoms with van der Waals surface area (Å²) in [6.07, 6.45) is 9.08. The number of aliphatic hydroxyl groups is 1. The first-order chi connectivity index (χ1) is 13.2. The topological polar surface area (TPSA) is 80.7 Å².